The predicted molar refractivity (Wildman–Crippen MR) is 120 cm³/mol. The minimum absolute atomic E-state index is 0.140. The molecule has 1 aliphatic heterocycles. The van der Waals surface area contributed by atoms with Crippen LogP contribution < -0.4 is 20.7 Å². The first-order chi connectivity index (χ1) is 14.9. The van der Waals surface area contributed by atoms with Crippen LogP contribution in [0.25, 0.3) is 10.8 Å². The lowest BCUT2D eigenvalue weighted by Gasteiger charge is -2.32. The van der Waals surface area contributed by atoms with E-state index < -0.39 is 23.6 Å². The van der Waals surface area contributed by atoms with Crippen molar-refractivity contribution in [2.45, 2.75) is 13.0 Å². The number of hydrogen-bond donors (Lipinski definition) is 3. The van der Waals surface area contributed by atoms with E-state index in [4.69, 9.17) is 17.0 Å². The summed E-state index contributed by atoms with van der Waals surface area (Å²) < 4.78 is 32.5. The highest BCUT2D eigenvalue weighted by Gasteiger charge is 2.33. The van der Waals surface area contributed by atoms with Gasteiger partial charge in [0, 0.05) is 23.0 Å². The van der Waals surface area contributed by atoms with Crippen molar-refractivity contribution in [2.75, 3.05) is 12.4 Å². The summed E-state index contributed by atoms with van der Waals surface area (Å²) in [7, 11) is 1.56. The zero-order valence-electron chi connectivity index (χ0n) is 16.8. The molecule has 0 bridgehead atoms. The fraction of sp³-hybridized carbons (Fsp3) is 0.130. The molecule has 0 unspecified atom stereocenters. The van der Waals surface area contributed by atoms with Crippen molar-refractivity contribution in [2.24, 2.45) is 0 Å². The van der Waals surface area contributed by atoms with Crippen LogP contribution in [0.15, 0.2) is 65.9 Å². The first kappa shape index (κ1) is 20.7. The summed E-state index contributed by atoms with van der Waals surface area (Å²) in [6.07, 6.45) is 0. The molecule has 0 aliphatic carbocycles. The number of benzene rings is 3. The smallest absolute Gasteiger partial charge is 0.255 e. The van der Waals surface area contributed by atoms with Gasteiger partial charge in [0.25, 0.3) is 5.91 Å². The lowest BCUT2D eigenvalue weighted by atomic mass is 9.90. The third-order valence-corrected chi connectivity index (χ3v) is 5.35. The monoisotopic (exact) mass is 439 g/mol. The molecule has 3 aromatic carbocycles. The number of carbonyl (C=O) groups excluding carboxylic acids is 1. The van der Waals surface area contributed by atoms with Crippen LogP contribution in [0.1, 0.15) is 18.5 Å². The minimum Gasteiger partial charge on any atom is -0.496 e. The highest BCUT2D eigenvalue weighted by molar-refractivity contribution is 7.80. The molecule has 5 nitrogen and oxygen atoms in total. The summed E-state index contributed by atoms with van der Waals surface area (Å²) in [4.78, 5) is 13.3. The number of thiocarbonyl (C=S) groups is 1. The summed E-state index contributed by atoms with van der Waals surface area (Å²) >= 11 is 5.34. The van der Waals surface area contributed by atoms with Gasteiger partial charge in [-0.15, -0.1) is 0 Å². The second kappa shape index (κ2) is 8.31. The number of rotatable bonds is 4. The number of anilines is 1. The molecule has 0 radical (unpaired) electrons. The van der Waals surface area contributed by atoms with Gasteiger partial charge in [-0.1, -0.05) is 30.3 Å². The van der Waals surface area contributed by atoms with Crippen LogP contribution in [0.5, 0.6) is 5.75 Å². The van der Waals surface area contributed by atoms with Crippen molar-refractivity contribution in [1.29, 1.82) is 0 Å². The number of ether oxygens (including phenoxy) is 1. The summed E-state index contributed by atoms with van der Waals surface area (Å²) in [5.41, 5.74) is 1.79. The lowest BCUT2D eigenvalue weighted by molar-refractivity contribution is -0.113. The van der Waals surface area contributed by atoms with Crippen molar-refractivity contribution in [3.05, 3.63) is 83.1 Å². The summed E-state index contributed by atoms with van der Waals surface area (Å²) in [6, 6.07) is 14.1. The van der Waals surface area contributed by atoms with E-state index in [1.54, 1.807) is 14.0 Å². The highest BCUT2D eigenvalue weighted by Crippen LogP contribution is 2.38. The van der Waals surface area contributed by atoms with Crippen molar-refractivity contribution in [1.82, 2.24) is 10.6 Å². The average molecular weight is 439 g/mol. The Morgan fingerprint density at radius 3 is 2.61 bits per heavy atom. The molecule has 158 valence electrons. The van der Waals surface area contributed by atoms with Crippen LogP contribution in [0, 0.1) is 11.6 Å². The Labute approximate surface area is 183 Å². The largest absolute Gasteiger partial charge is 0.496 e. The number of allylic oxidation sites excluding steroid dienone is 1. The van der Waals surface area contributed by atoms with Crippen LogP contribution in [0.2, 0.25) is 0 Å². The molecule has 0 aromatic heterocycles. The molecule has 8 heteroatoms. The van der Waals surface area contributed by atoms with Gasteiger partial charge in [-0.25, -0.2) is 8.78 Å². The number of fused-ring (bicyclic) bond motifs is 1. The fourth-order valence-electron chi connectivity index (χ4n) is 3.74. The second-order valence-corrected chi connectivity index (χ2v) is 7.46. The Bertz CT molecular complexity index is 1240. The molecule has 4 rings (SSSR count). The second-order valence-electron chi connectivity index (χ2n) is 7.06. The molecule has 31 heavy (non-hydrogen) atoms. The average Bonchev–Trinajstić information content (AvgIpc) is 2.74. The van der Waals surface area contributed by atoms with E-state index in [-0.39, 0.29) is 5.69 Å². The summed E-state index contributed by atoms with van der Waals surface area (Å²) in [5, 5.41) is 11.0. The highest BCUT2D eigenvalue weighted by atomic mass is 32.1. The molecule has 0 saturated heterocycles. The van der Waals surface area contributed by atoms with Gasteiger partial charge in [0.1, 0.15) is 5.75 Å². The van der Waals surface area contributed by atoms with Crippen molar-refractivity contribution >= 4 is 39.7 Å². The maximum absolute atomic E-state index is 13.6. The van der Waals surface area contributed by atoms with E-state index in [2.05, 4.69) is 16.0 Å². The van der Waals surface area contributed by atoms with Gasteiger partial charge in [-0.2, -0.15) is 0 Å². The van der Waals surface area contributed by atoms with Gasteiger partial charge in [0.05, 0.1) is 18.7 Å². The van der Waals surface area contributed by atoms with Gasteiger partial charge in [-0.3, -0.25) is 4.79 Å². The predicted octanol–water partition coefficient (Wildman–Crippen LogP) is 4.56. The summed E-state index contributed by atoms with van der Waals surface area (Å²) in [5.74, 6) is -1.92. The lowest BCUT2D eigenvalue weighted by Crippen LogP contribution is -2.46. The Kier molecular flexibility index (Phi) is 5.56. The van der Waals surface area contributed by atoms with Crippen LogP contribution in [-0.4, -0.2) is 18.1 Å². The van der Waals surface area contributed by atoms with E-state index >= 15 is 0 Å². The first-order valence-electron chi connectivity index (χ1n) is 9.49. The van der Waals surface area contributed by atoms with Crippen molar-refractivity contribution in [3.63, 3.8) is 0 Å². The molecule has 1 heterocycles. The quantitative estimate of drug-likeness (QED) is 0.521. The van der Waals surface area contributed by atoms with E-state index in [1.165, 1.54) is 6.07 Å². The zero-order chi connectivity index (χ0) is 22.1. The van der Waals surface area contributed by atoms with E-state index in [9.17, 15) is 13.6 Å². The van der Waals surface area contributed by atoms with Crippen LogP contribution >= 0.6 is 12.2 Å². The molecule has 0 fully saturated rings. The Hall–Kier alpha value is -3.52. The van der Waals surface area contributed by atoms with E-state index in [0.29, 0.717) is 22.1 Å². The van der Waals surface area contributed by atoms with Crippen LogP contribution in [-0.2, 0) is 4.79 Å². The fourth-order valence-corrected chi connectivity index (χ4v) is 4.01. The number of hydrogen-bond acceptors (Lipinski definition) is 3. The summed E-state index contributed by atoms with van der Waals surface area (Å²) in [6.45, 7) is 1.73. The number of methoxy groups -OCH3 is 1. The maximum atomic E-state index is 13.6. The molecule has 1 aliphatic rings. The van der Waals surface area contributed by atoms with Crippen molar-refractivity contribution in [3.8, 4) is 5.75 Å². The van der Waals surface area contributed by atoms with Gasteiger partial charge in [0.15, 0.2) is 16.7 Å². The van der Waals surface area contributed by atoms with Crippen LogP contribution in [0.3, 0.4) is 0 Å². The number of nitrogens with one attached hydrogen (secondary N) is 3. The molecule has 1 amide bonds. The third-order valence-electron chi connectivity index (χ3n) is 5.13. The minimum atomic E-state index is -1.04. The maximum Gasteiger partial charge on any atom is 0.255 e. The molecule has 0 spiro atoms. The molecule has 1 atom stereocenters. The van der Waals surface area contributed by atoms with Crippen molar-refractivity contribution < 1.29 is 18.3 Å². The molecule has 3 aromatic rings. The van der Waals surface area contributed by atoms with Gasteiger partial charge in [-0.05, 0) is 48.1 Å². The van der Waals surface area contributed by atoms with Gasteiger partial charge >= 0.3 is 0 Å². The zero-order valence-corrected chi connectivity index (χ0v) is 17.6. The molecular weight excluding hydrogens is 420 g/mol. The third kappa shape index (κ3) is 3.94. The molecule has 3 N–H and O–H groups in total. The normalized spacial score (nSPS) is 16.0. The number of amides is 1. The van der Waals surface area contributed by atoms with E-state index in [0.717, 1.165) is 28.5 Å². The molecule has 0 saturated carbocycles. The van der Waals surface area contributed by atoms with Crippen LogP contribution in [0.4, 0.5) is 14.5 Å². The van der Waals surface area contributed by atoms with Gasteiger partial charge < -0.3 is 20.7 Å². The standard InChI is InChI=1S/C23H19F2N3O2S/c1-12-19(22(29)27-14-8-9-16(24)17(25)11-14)21(28-23(31)26-12)20-15-6-4-3-5-13(15)7-10-18(20)30-2/h3-11,21H,1-2H3,(H,27,29)(H2,26,28,31)/t21-/m1/s1. The number of carbonyl (C=O) groups is 1. The Morgan fingerprint density at radius 2 is 1.87 bits per heavy atom. The Balaban J connectivity index is 1.82. The topological polar surface area (TPSA) is 62.4 Å². The van der Waals surface area contributed by atoms with E-state index in [1.807, 2.05) is 36.4 Å². The SMILES string of the molecule is COc1ccc2ccccc2c1[C@@H]1NC(=S)NC(C)=C1C(=O)Nc1ccc(F)c(F)c1. The first-order valence-corrected chi connectivity index (χ1v) is 9.90. The molecular formula is C23H19F2N3O2S. The Morgan fingerprint density at radius 1 is 1.10 bits per heavy atom. The number of halogens is 2. The van der Waals surface area contributed by atoms with Gasteiger partial charge in [0.2, 0.25) is 0 Å².